The summed E-state index contributed by atoms with van der Waals surface area (Å²) in [6.45, 7) is 6.68. The van der Waals surface area contributed by atoms with Crippen molar-refractivity contribution >= 4 is 52.5 Å². The lowest BCUT2D eigenvalue weighted by Gasteiger charge is -2.44. The van der Waals surface area contributed by atoms with Crippen molar-refractivity contribution in [1.82, 2.24) is 14.7 Å². The molecule has 0 aromatic heterocycles. The summed E-state index contributed by atoms with van der Waals surface area (Å²) >= 11 is 12.4. The molecule has 1 atom stereocenters. The van der Waals surface area contributed by atoms with Gasteiger partial charge in [-0.1, -0.05) is 43.1 Å². The van der Waals surface area contributed by atoms with Gasteiger partial charge in [0.15, 0.2) is 0 Å². The first kappa shape index (κ1) is 36.5. The van der Waals surface area contributed by atoms with E-state index in [2.05, 4.69) is 0 Å². The number of benzene rings is 2. The zero-order valence-corrected chi connectivity index (χ0v) is 28.6. The molecule has 2 aromatic rings. The van der Waals surface area contributed by atoms with Crippen LogP contribution in [0.3, 0.4) is 0 Å². The van der Waals surface area contributed by atoms with Crippen molar-refractivity contribution in [3.63, 3.8) is 0 Å². The largest absolute Gasteiger partial charge is 0.416 e. The fourth-order valence-corrected chi connectivity index (χ4v) is 6.48. The maximum absolute atomic E-state index is 13.9. The Morgan fingerprint density at radius 3 is 2.21 bits per heavy atom. The molecule has 4 rings (SSSR count). The van der Waals surface area contributed by atoms with Gasteiger partial charge >= 0.3 is 12.2 Å². The number of hydrogen-bond acceptors (Lipinski definition) is 4. The van der Waals surface area contributed by atoms with Crippen LogP contribution in [0, 0.1) is 18.8 Å². The molecule has 4 amide bonds. The minimum atomic E-state index is -4.57. The van der Waals surface area contributed by atoms with E-state index in [0.717, 1.165) is 17.7 Å². The van der Waals surface area contributed by atoms with E-state index in [1.165, 1.54) is 18.0 Å². The molecule has 2 aliphatic heterocycles. The summed E-state index contributed by atoms with van der Waals surface area (Å²) in [7, 11) is 1.44. The number of alkyl halides is 3. The third-order valence-corrected chi connectivity index (χ3v) is 9.72. The minimum Gasteiger partial charge on any atom is -0.343 e. The van der Waals surface area contributed by atoms with Gasteiger partial charge in [0, 0.05) is 70.1 Å². The molecule has 0 aliphatic carbocycles. The smallest absolute Gasteiger partial charge is 0.343 e. The Morgan fingerprint density at radius 2 is 1.60 bits per heavy atom. The van der Waals surface area contributed by atoms with E-state index in [1.807, 2.05) is 13.8 Å². The number of carbonyl (C=O) groups is 4. The lowest BCUT2D eigenvalue weighted by molar-refractivity contribution is -0.142. The molecule has 47 heavy (non-hydrogen) atoms. The predicted octanol–water partition coefficient (Wildman–Crippen LogP) is 6.88. The van der Waals surface area contributed by atoms with Crippen molar-refractivity contribution < 1.29 is 32.3 Å². The third kappa shape index (κ3) is 9.19. The molecule has 2 aromatic carbocycles. The van der Waals surface area contributed by atoms with Crippen LogP contribution in [0.25, 0.3) is 0 Å². The molecule has 2 fully saturated rings. The summed E-state index contributed by atoms with van der Waals surface area (Å²) in [5, 5.41) is 0.719. The highest BCUT2D eigenvalue weighted by molar-refractivity contribution is 6.42. The molecule has 13 heteroatoms. The second-order valence-corrected chi connectivity index (χ2v) is 13.6. The zero-order chi connectivity index (χ0) is 34.6. The number of piperidine rings is 1. The quantitative estimate of drug-likeness (QED) is 0.302. The van der Waals surface area contributed by atoms with Gasteiger partial charge in [-0.25, -0.2) is 4.79 Å². The Kier molecular flexibility index (Phi) is 11.9. The molecular weight excluding hydrogens is 656 g/mol. The summed E-state index contributed by atoms with van der Waals surface area (Å²) in [5.74, 6) is -0.501. The van der Waals surface area contributed by atoms with Crippen LogP contribution in [0.15, 0.2) is 36.4 Å². The molecule has 2 heterocycles. The van der Waals surface area contributed by atoms with Crippen molar-refractivity contribution in [3.8, 4) is 0 Å². The maximum atomic E-state index is 13.9. The summed E-state index contributed by atoms with van der Waals surface area (Å²) in [6.07, 6.45) is -2.86. The van der Waals surface area contributed by atoms with Crippen LogP contribution in [0.5, 0.6) is 0 Å². The Hall–Kier alpha value is -3.31. The predicted molar refractivity (Wildman–Crippen MR) is 176 cm³/mol. The molecule has 0 saturated carbocycles. The fourth-order valence-electron chi connectivity index (χ4n) is 6.15. The topological polar surface area (TPSA) is 81.2 Å². The minimum absolute atomic E-state index is 0.0487. The number of aryl methyl sites for hydroxylation is 1. The van der Waals surface area contributed by atoms with Crippen molar-refractivity contribution in [2.24, 2.45) is 11.8 Å². The van der Waals surface area contributed by atoms with Gasteiger partial charge in [0.2, 0.25) is 11.8 Å². The molecule has 0 N–H and O–H groups in total. The van der Waals surface area contributed by atoms with Crippen LogP contribution in [0.2, 0.25) is 10.0 Å². The second-order valence-electron chi connectivity index (χ2n) is 12.8. The first-order chi connectivity index (χ1) is 22.0. The normalized spacial score (nSPS) is 17.7. The first-order valence-corrected chi connectivity index (χ1v) is 16.6. The van der Waals surface area contributed by atoms with E-state index in [-0.39, 0.29) is 67.6 Å². The number of anilines is 1. The number of ketones is 1. The Morgan fingerprint density at radius 1 is 0.915 bits per heavy atom. The number of nitrogens with zero attached hydrogens (tertiary/aromatic N) is 4. The van der Waals surface area contributed by atoms with Gasteiger partial charge in [-0.2, -0.15) is 13.2 Å². The van der Waals surface area contributed by atoms with Crippen LogP contribution in [-0.4, -0.2) is 84.1 Å². The number of urea groups is 1. The number of likely N-dealkylation sites (tertiary alicyclic amines) is 1. The molecule has 2 aliphatic rings. The number of Topliss-reactive ketones (excluding diaryl/α,β-unsaturated/α-hetero) is 1. The average molecular weight is 698 g/mol. The van der Waals surface area contributed by atoms with Gasteiger partial charge in [0.25, 0.3) is 0 Å². The lowest BCUT2D eigenvalue weighted by atomic mass is 9.93. The Bertz CT molecular complexity index is 1490. The van der Waals surface area contributed by atoms with Crippen LogP contribution in [-0.2, 0) is 27.0 Å². The summed E-state index contributed by atoms with van der Waals surface area (Å²) < 4.78 is 40.7. The molecule has 0 unspecified atom stereocenters. The highest BCUT2D eigenvalue weighted by Crippen LogP contribution is 2.33. The number of piperazine rings is 1. The van der Waals surface area contributed by atoms with Crippen LogP contribution in [0.1, 0.15) is 56.2 Å². The number of halogens is 5. The van der Waals surface area contributed by atoms with Crippen molar-refractivity contribution in [1.29, 1.82) is 0 Å². The van der Waals surface area contributed by atoms with Crippen molar-refractivity contribution in [2.45, 2.75) is 65.1 Å². The average Bonchev–Trinajstić information content (AvgIpc) is 3.03. The van der Waals surface area contributed by atoms with Crippen LogP contribution in [0.4, 0.5) is 23.7 Å². The van der Waals surface area contributed by atoms with E-state index < -0.39 is 23.8 Å². The molecular formula is C34H41Cl2F3N4O4. The second kappa shape index (κ2) is 15.3. The van der Waals surface area contributed by atoms with Gasteiger partial charge in [-0.05, 0) is 67.6 Å². The first-order valence-electron chi connectivity index (χ1n) is 15.8. The lowest BCUT2D eigenvalue weighted by Crippen LogP contribution is -2.60. The molecule has 256 valence electrons. The number of hydrogen-bond donors (Lipinski definition) is 0. The Balaban J connectivity index is 1.47. The van der Waals surface area contributed by atoms with Crippen LogP contribution >= 0.6 is 23.2 Å². The highest BCUT2D eigenvalue weighted by atomic mass is 35.5. The monoisotopic (exact) mass is 696 g/mol. The molecule has 8 nitrogen and oxygen atoms in total. The number of amides is 4. The van der Waals surface area contributed by atoms with Crippen molar-refractivity contribution in [3.05, 3.63) is 63.1 Å². The van der Waals surface area contributed by atoms with Crippen LogP contribution < -0.4 is 4.90 Å². The third-order valence-electron chi connectivity index (χ3n) is 8.99. The summed E-state index contributed by atoms with van der Waals surface area (Å²) in [5.41, 5.74) is 0.432. The molecule has 0 spiro atoms. The van der Waals surface area contributed by atoms with E-state index in [0.29, 0.717) is 48.0 Å². The van der Waals surface area contributed by atoms with E-state index >= 15 is 0 Å². The van der Waals surface area contributed by atoms with Gasteiger partial charge in [0.05, 0.1) is 21.7 Å². The molecule has 2 saturated heterocycles. The number of carbonyl (C=O) groups excluding carboxylic acids is 4. The van der Waals surface area contributed by atoms with Gasteiger partial charge < -0.3 is 14.7 Å². The van der Waals surface area contributed by atoms with Crippen molar-refractivity contribution in [2.75, 3.05) is 44.7 Å². The maximum Gasteiger partial charge on any atom is 0.416 e. The summed E-state index contributed by atoms with van der Waals surface area (Å²) in [6, 6.07) is 7.69. The van der Waals surface area contributed by atoms with Gasteiger partial charge in [-0.15, -0.1) is 0 Å². The standard InChI is InChI=1S/C34H41Cl2F3N4O4/c1-21(2)30(44)7-8-31(45)41-11-9-24(10-12-41)32(46)42-13-14-43(27(20-42)17-23-5-6-28(35)29(36)18-23)33(47)40(4)26-16-22(3)15-25(19-26)34(37,38)39/h5-6,15-16,18-19,21,24,27H,7-14,17,20H2,1-4H3/t27-/m1/s1. The zero-order valence-electron chi connectivity index (χ0n) is 27.1. The van der Waals surface area contributed by atoms with Gasteiger partial charge in [0.1, 0.15) is 5.78 Å². The Labute approximate surface area is 283 Å². The molecule has 0 bridgehead atoms. The highest BCUT2D eigenvalue weighted by Gasteiger charge is 2.38. The van der Waals surface area contributed by atoms with Gasteiger partial charge in [-0.3, -0.25) is 19.3 Å². The summed E-state index contributed by atoms with van der Waals surface area (Å²) in [4.78, 5) is 58.5. The molecule has 0 radical (unpaired) electrons. The SMILES string of the molecule is Cc1cc(N(C)C(=O)N2CCN(C(=O)C3CCN(C(=O)CCC(=O)C(C)C)CC3)C[C@H]2Cc2ccc(Cl)c(Cl)c2)cc(C(F)(F)F)c1. The van der Waals surface area contributed by atoms with E-state index in [4.69, 9.17) is 23.2 Å². The van der Waals surface area contributed by atoms with E-state index in [9.17, 15) is 32.3 Å². The number of rotatable bonds is 8. The van der Waals surface area contributed by atoms with E-state index in [1.54, 1.807) is 39.8 Å². The fraction of sp³-hybridized carbons (Fsp3) is 0.529.